The van der Waals surface area contributed by atoms with E-state index in [1.54, 1.807) is 9.31 Å². The third-order valence-corrected chi connectivity index (χ3v) is 8.37. The van der Waals surface area contributed by atoms with Crippen LogP contribution in [0.3, 0.4) is 0 Å². The summed E-state index contributed by atoms with van der Waals surface area (Å²) in [4.78, 5) is 31.9. The number of morpholine rings is 1. The van der Waals surface area contributed by atoms with Crippen LogP contribution in [0, 0.1) is 11.3 Å². The first-order chi connectivity index (χ1) is 18.0. The summed E-state index contributed by atoms with van der Waals surface area (Å²) in [5.74, 6) is 1.62. The number of halogens is 1. The van der Waals surface area contributed by atoms with Gasteiger partial charge in [0.05, 0.1) is 66.2 Å². The first-order valence-corrected chi connectivity index (χ1v) is 14.0. The largest absolute Gasteiger partial charge is 0.377 e. The van der Waals surface area contributed by atoms with Crippen LogP contribution >= 0.6 is 34.2 Å². The van der Waals surface area contributed by atoms with Crippen molar-refractivity contribution in [2.45, 2.75) is 32.9 Å². The average Bonchev–Trinajstić information content (AvgIpc) is 3.42. The number of nitrogens with zero attached hydrogens (tertiary/aromatic N) is 7. The number of fused-ring (bicyclic) bond motifs is 1. The Balaban J connectivity index is 1.50. The Morgan fingerprint density at radius 3 is 2.84 bits per heavy atom. The van der Waals surface area contributed by atoms with E-state index >= 15 is 0 Å². The molecule has 37 heavy (non-hydrogen) atoms. The number of nitriles is 1. The van der Waals surface area contributed by atoms with Gasteiger partial charge >= 0.3 is 6.03 Å². The van der Waals surface area contributed by atoms with Crippen LogP contribution in [0.25, 0.3) is 11.4 Å². The lowest BCUT2D eigenvalue weighted by atomic mass is 10.0. The molecule has 1 fully saturated rings. The highest BCUT2D eigenvalue weighted by Crippen LogP contribution is 2.34. The Morgan fingerprint density at radius 2 is 2.14 bits per heavy atom. The summed E-state index contributed by atoms with van der Waals surface area (Å²) in [5, 5.41) is 12.9. The quantitative estimate of drug-likeness (QED) is 0.331. The summed E-state index contributed by atoms with van der Waals surface area (Å²) in [6.07, 6.45) is 2.42. The molecule has 1 saturated heterocycles. The van der Waals surface area contributed by atoms with E-state index in [0.29, 0.717) is 37.0 Å². The minimum Gasteiger partial charge on any atom is -0.377 e. The summed E-state index contributed by atoms with van der Waals surface area (Å²) < 4.78 is 7.24. The highest BCUT2D eigenvalue weighted by molar-refractivity contribution is 14.1. The van der Waals surface area contributed by atoms with Crippen molar-refractivity contribution in [1.29, 1.82) is 5.26 Å². The number of hydrogen-bond donors (Lipinski definition) is 1. The highest BCUT2D eigenvalue weighted by Gasteiger charge is 2.30. The van der Waals surface area contributed by atoms with Gasteiger partial charge in [-0.3, -0.25) is 0 Å². The average molecular weight is 631 g/mol. The third-order valence-electron chi connectivity index (χ3n) is 6.42. The van der Waals surface area contributed by atoms with Crippen molar-refractivity contribution in [3.8, 4) is 17.5 Å². The SMILES string of the molecule is CCNC(=O)N(I)c1ccc(-c2nc3c(c(N4CCOCC4C)n2)CCN(c2ncc(C#N)s2)C3)cc1. The van der Waals surface area contributed by atoms with Gasteiger partial charge in [0.1, 0.15) is 16.8 Å². The molecule has 2 amide bonds. The second-order valence-corrected chi connectivity index (χ2v) is 10.8. The summed E-state index contributed by atoms with van der Waals surface area (Å²) in [6.45, 7) is 8.12. The molecule has 12 heteroatoms. The van der Waals surface area contributed by atoms with Gasteiger partial charge in [0.25, 0.3) is 0 Å². The molecule has 0 spiro atoms. The van der Waals surface area contributed by atoms with Crippen molar-refractivity contribution in [2.24, 2.45) is 0 Å². The molecule has 1 N–H and O–H groups in total. The number of carbonyl (C=O) groups is 1. The van der Waals surface area contributed by atoms with Gasteiger partial charge in [-0.1, -0.05) is 11.3 Å². The fraction of sp³-hybridized carbons (Fsp3) is 0.400. The molecule has 1 unspecified atom stereocenters. The van der Waals surface area contributed by atoms with E-state index in [9.17, 15) is 10.1 Å². The van der Waals surface area contributed by atoms with Crippen molar-refractivity contribution < 1.29 is 9.53 Å². The molecule has 1 aromatic carbocycles. The second-order valence-electron chi connectivity index (χ2n) is 8.87. The highest BCUT2D eigenvalue weighted by atomic mass is 127. The topological polar surface area (TPSA) is 111 Å². The van der Waals surface area contributed by atoms with E-state index in [1.807, 2.05) is 54.1 Å². The van der Waals surface area contributed by atoms with Crippen molar-refractivity contribution in [2.75, 3.05) is 45.8 Å². The predicted molar refractivity (Wildman–Crippen MR) is 152 cm³/mol. The van der Waals surface area contributed by atoms with Gasteiger partial charge in [-0.25, -0.2) is 22.9 Å². The van der Waals surface area contributed by atoms with Gasteiger partial charge in [0, 0.05) is 30.8 Å². The standard InChI is InChI=1S/C25H27IN8O2S/c1-3-28-24(35)34(26)18-6-4-17(5-7-18)22-30-21-14-32(25-29-13-19(12-27)37-25)9-8-20(21)23(31-22)33-10-11-36-15-16(33)2/h4-7,13,16H,3,8-11,14-15H2,1-2H3,(H,28,35). The number of ether oxygens (including phenoxy) is 1. The van der Waals surface area contributed by atoms with E-state index in [2.05, 4.69) is 33.1 Å². The van der Waals surface area contributed by atoms with Crippen molar-refractivity contribution >= 4 is 56.9 Å². The number of benzene rings is 1. The van der Waals surface area contributed by atoms with Crippen LogP contribution in [0.1, 0.15) is 30.0 Å². The maximum Gasteiger partial charge on any atom is 0.330 e. The molecule has 3 aromatic rings. The van der Waals surface area contributed by atoms with Gasteiger partial charge in [-0.2, -0.15) is 5.26 Å². The molecule has 2 aliphatic heterocycles. The molecule has 0 saturated carbocycles. The number of carbonyl (C=O) groups excluding carboxylic acids is 1. The lowest BCUT2D eigenvalue weighted by molar-refractivity contribution is 0.0984. The maximum atomic E-state index is 12.2. The van der Waals surface area contributed by atoms with Crippen LogP contribution in [0.15, 0.2) is 30.5 Å². The Hall–Kier alpha value is -3.02. The molecule has 192 valence electrons. The zero-order valence-electron chi connectivity index (χ0n) is 20.6. The first kappa shape index (κ1) is 25.6. The number of aromatic nitrogens is 3. The lowest BCUT2D eigenvalue weighted by Gasteiger charge is -2.37. The molecule has 0 aliphatic carbocycles. The summed E-state index contributed by atoms with van der Waals surface area (Å²) in [6, 6.07) is 9.94. The number of amides is 2. The van der Waals surface area contributed by atoms with Crippen LogP contribution in [0.4, 0.5) is 21.4 Å². The molecule has 2 aromatic heterocycles. The number of anilines is 3. The Labute approximate surface area is 233 Å². The normalized spacial score (nSPS) is 17.2. The molecule has 1 atom stereocenters. The predicted octanol–water partition coefficient (Wildman–Crippen LogP) is 4.15. The first-order valence-electron chi connectivity index (χ1n) is 12.2. The minimum absolute atomic E-state index is 0.161. The van der Waals surface area contributed by atoms with Crippen LogP contribution in [-0.2, 0) is 17.7 Å². The Bertz CT molecular complexity index is 1330. The van der Waals surface area contributed by atoms with E-state index in [-0.39, 0.29) is 12.1 Å². The van der Waals surface area contributed by atoms with Crippen molar-refractivity contribution in [3.63, 3.8) is 0 Å². The number of thiazole rings is 1. The summed E-state index contributed by atoms with van der Waals surface area (Å²) >= 11 is 3.40. The smallest absolute Gasteiger partial charge is 0.330 e. The van der Waals surface area contributed by atoms with Crippen LogP contribution in [0.5, 0.6) is 0 Å². The van der Waals surface area contributed by atoms with Crippen LogP contribution < -0.4 is 18.2 Å². The van der Waals surface area contributed by atoms with E-state index in [4.69, 9.17) is 14.7 Å². The molecule has 10 nitrogen and oxygen atoms in total. The van der Waals surface area contributed by atoms with Gasteiger partial charge in [-0.05, 0) is 44.5 Å². The summed E-state index contributed by atoms with van der Waals surface area (Å²) in [7, 11) is 0. The van der Waals surface area contributed by atoms with E-state index in [0.717, 1.165) is 53.0 Å². The third kappa shape index (κ3) is 5.34. The molecule has 5 rings (SSSR count). The van der Waals surface area contributed by atoms with E-state index < -0.39 is 0 Å². The van der Waals surface area contributed by atoms with Crippen LogP contribution in [-0.4, -0.2) is 59.9 Å². The minimum atomic E-state index is -0.161. The summed E-state index contributed by atoms with van der Waals surface area (Å²) in [5.41, 5.74) is 3.80. The van der Waals surface area contributed by atoms with Crippen molar-refractivity contribution in [3.05, 3.63) is 46.6 Å². The Morgan fingerprint density at radius 1 is 1.32 bits per heavy atom. The molecule has 2 aliphatic rings. The van der Waals surface area contributed by atoms with Gasteiger partial charge < -0.3 is 19.9 Å². The van der Waals surface area contributed by atoms with Crippen LogP contribution in [0.2, 0.25) is 0 Å². The lowest BCUT2D eigenvalue weighted by Crippen LogP contribution is -2.45. The van der Waals surface area contributed by atoms with Crippen molar-refractivity contribution in [1.82, 2.24) is 20.3 Å². The molecule has 4 heterocycles. The number of nitrogens with one attached hydrogen (secondary N) is 1. The number of hydrogen-bond acceptors (Lipinski definition) is 9. The maximum absolute atomic E-state index is 12.2. The van der Waals surface area contributed by atoms with Gasteiger partial charge in [0.2, 0.25) is 0 Å². The van der Waals surface area contributed by atoms with Gasteiger partial charge in [0.15, 0.2) is 11.0 Å². The molecule has 0 radical (unpaired) electrons. The molecular formula is C25H27IN8O2S. The molecular weight excluding hydrogens is 603 g/mol. The Kier molecular flexibility index (Phi) is 7.73. The number of rotatable bonds is 5. The van der Waals surface area contributed by atoms with Gasteiger partial charge in [-0.15, -0.1) is 0 Å². The monoisotopic (exact) mass is 630 g/mol. The zero-order chi connectivity index (χ0) is 25.9. The fourth-order valence-electron chi connectivity index (χ4n) is 4.52. The zero-order valence-corrected chi connectivity index (χ0v) is 23.6. The fourth-order valence-corrected chi connectivity index (χ4v) is 5.75. The van der Waals surface area contributed by atoms with E-state index in [1.165, 1.54) is 11.3 Å². The second kappa shape index (κ2) is 11.2. The molecule has 0 bridgehead atoms. The number of urea groups is 1.